The van der Waals surface area contributed by atoms with Gasteiger partial charge in [-0.3, -0.25) is 0 Å². The summed E-state index contributed by atoms with van der Waals surface area (Å²) >= 11 is 0. The van der Waals surface area contributed by atoms with Crippen molar-refractivity contribution >= 4 is 10.0 Å². The highest BCUT2D eigenvalue weighted by Crippen LogP contribution is 2.21. The Bertz CT molecular complexity index is 470. The van der Waals surface area contributed by atoms with Crippen LogP contribution in [-0.2, 0) is 10.0 Å². The lowest BCUT2D eigenvalue weighted by atomic mass is 10.1. The molecule has 0 spiro atoms. The van der Waals surface area contributed by atoms with Gasteiger partial charge in [-0.05, 0) is 24.1 Å². The molecule has 0 saturated carbocycles. The monoisotopic (exact) mass is 257 g/mol. The van der Waals surface area contributed by atoms with Crippen LogP contribution in [0.5, 0.6) is 0 Å². The SMILES string of the molecule is CCC(O)c1cccc(S(=O)(=O)N(C)CC)c1. The zero-order valence-electron chi connectivity index (χ0n) is 10.4. The molecule has 1 atom stereocenters. The van der Waals surface area contributed by atoms with Crippen molar-refractivity contribution in [2.75, 3.05) is 13.6 Å². The molecule has 96 valence electrons. The van der Waals surface area contributed by atoms with Crippen molar-refractivity contribution in [3.63, 3.8) is 0 Å². The Morgan fingerprint density at radius 1 is 1.35 bits per heavy atom. The van der Waals surface area contributed by atoms with Crippen molar-refractivity contribution in [3.8, 4) is 0 Å². The average molecular weight is 257 g/mol. The maximum atomic E-state index is 12.1. The number of sulfonamides is 1. The molecule has 0 radical (unpaired) electrons. The summed E-state index contributed by atoms with van der Waals surface area (Å²) in [5, 5.41) is 9.71. The fourth-order valence-corrected chi connectivity index (χ4v) is 2.70. The first kappa shape index (κ1) is 14.2. The van der Waals surface area contributed by atoms with Crippen molar-refractivity contribution in [2.24, 2.45) is 0 Å². The van der Waals surface area contributed by atoms with Gasteiger partial charge in [-0.25, -0.2) is 12.7 Å². The second kappa shape index (κ2) is 5.62. The van der Waals surface area contributed by atoms with Gasteiger partial charge in [-0.15, -0.1) is 0 Å². The van der Waals surface area contributed by atoms with Crippen LogP contribution >= 0.6 is 0 Å². The Morgan fingerprint density at radius 3 is 2.53 bits per heavy atom. The van der Waals surface area contributed by atoms with Gasteiger partial charge in [0.05, 0.1) is 11.0 Å². The first-order valence-electron chi connectivity index (χ1n) is 5.67. The lowest BCUT2D eigenvalue weighted by molar-refractivity contribution is 0.173. The van der Waals surface area contributed by atoms with Crippen LogP contribution in [0.1, 0.15) is 31.9 Å². The minimum absolute atomic E-state index is 0.229. The molecule has 0 aliphatic carbocycles. The highest BCUT2D eigenvalue weighted by atomic mass is 32.2. The summed E-state index contributed by atoms with van der Waals surface area (Å²) < 4.78 is 25.4. The Hall–Kier alpha value is -0.910. The normalized spacial score (nSPS) is 13.9. The molecule has 1 unspecified atom stereocenters. The van der Waals surface area contributed by atoms with E-state index >= 15 is 0 Å². The molecule has 1 N–H and O–H groups in total. The molecule has 0 amide bonds. The third kappa shape index (κ3) is 3.06. The molecule has 0 bridgehead atoms. The van der Waals surface area contributed by atoms with Gasteiger partial charge >= 0.3 is 0 Å². The minimum atomic E-state index is -3.43. The summed E-state index contributed by atoms with van der Waals surface area (Å²) in [5.41, 5.74) is 0.637. The van der Waals surface area contributed by atoms with E-state index < -0.39 is 16.1 Å². The molecule has 0 fully saturated rings. The van der Waals surface area contributed by atoms with E-state index in [0.717, 1.165) is 0 Å². The molecule has 0 aliphatic heterocycles. The van der Waals surface area contributed by atoms with E-state index in [-0.39, 0.29) is 4.90 Å². The molecule has 0 heterocycles. The summed E-state index contributed by atoms with van der Waals surface area (Å²) in [6.45, 7) is 4.05. The van der Waals surface area contributed by atoms with E-state index in [1.165, 1.54) is 17.4 Å². The summed E-state index contributed by atoms with van der Waals surface area (Å²) in [7, 11) is -1.89. The standard InChI is InChI=1S/C12H19NO3S/c1-4-12(14)10-7-6-8-11(9-10)17(15,16)13(3)5-2/h6-9,12,14H,4-5H2,1-3H3. The van der Waals surface area contributed by atoms with Gasteiger partial charge in [0, 0.05) is 13.6 Å². The third-order valence-electron chi connectivity index (χ3n) is 2.78. The quantitative estimate of drug-likeness (QED) is 0.874. The van der Waals surface area contributed by atoms with Gasteiger partial charge in [0.2, 0.25) is 10.0 Å². The van der Waals surface area contributed by atoms with Gasteiger partial charge in [-0.1, -0.05) is 26.0 Å². The van der Waals surface area contributed by atoms with E-state index in [1.54, 1.807) is 25.1 Å². The highest BCUT2D eigenvalue weighted by Gasteiger charge is 2.20. The number of aliphatic hydroxyl groups excluding tert-OH is 1. The molecule has 1 aromatic rings. The van der Waals surface area contributed by atoms with Crippen molar-refractivity contribution in [1.29, 1.82) is 0 Å². The second-order valence-electron chi connectivity index (χ2n) is 3.92. The zero-order valence-corrected chi connectivity index (χ0v) is 11.2. The number of benzene rings is 1. The Morgan fingerprint density at radius 2 is 2.00 bits per heavy atom. The van der Waals surface area contributed by atoms with Crippen molar-refractivity contribution < 1.29 is 13.5 Å². The van der Waals surface area contributed by atoms with Crippen molar-refractivity contribution in [3.05, 3.63) is 29.8 Å². The minimum Gasteiger partial charge on any atom is -0.388 e. The lowest BCUT2D eigenvalue weighted by Gasteiger charge is -2.16. The predicted octanol–water partition coefficient (Wildman–Crippen LogP) is 1.77. The molecule has 1 rings (SSSR count). The van der Waals surface area contributed by atoms with Crippen LogP contribution in [0.25, 0.3) is 0 Å². The van der Waals surface area contributed by atoms with Gasteiger partial charge in [0.25, 0.3) is 0 Å². The lowest BCUT2D eigenvalue weighted by Crippen LogP contribution is -2.26. The van der Waals surface area contributed by atoms with Crippen LogP contribution in [0.15, 0.2) is 29.2 Å². The van der Waals surface area contributed by atoms with E-state index in [0.29, 0.717) is 18.5 Å². The average Bonchev–Trinajstić information content (AvgIpc) is 2.36. The molecular formula is C12H19NO3S. The summed E-state index contributed by atoms with van der Waals surface area (Å²) in [6, 6.07) is 6.48. The molecular weight excluding hydrogens is 238 g/mol. The molecule has 0 aromatic heterocycles. The van der Waals surface area contributed by atoms with Crippen LogP contribution in [0.2, 0.25) is 0 Å². The molecule has 0 saturated heterocycles. The maximum absolute atomic E-state index is 12.1. The second-order valence-corrected chi connectivity index (χ2v) is 5.96. The maximum Gasteiger partial charge on any atom is 0.242 e. The van der Waals surface area contributed by atoms with Crippen LogP contribution < -0.4 is 0 Å². The number of hydrogen-bond donors (Lipinski definition) is 1. The fourth-order valence-electron chi connectivity index (χ4n) is 1.47. The Kier molecular flexibility index (Phi) is 4.68. The first-order valence-corrected chi connectivity index (χ1v) is 7.11. The topological polar surface area (TPSA) is 57.6 Å². The summed E-state index contributed by atoms with van der Waals surface area (Å²) in [6.07, 6.45) is -0.0512. The number of rotatable bonds is 5. The van der Waals surface area contributed by atoms with E-state index in [9.17, 15) is 13.5 Å². The van der Waals surface area contributed by atoms with Gasteiger partial charge in [-0.2, -0.15) is 0 Å². The van der Waals surface area contributed by atoms with Gasteiger partial charge < -0.3 is 5.11 Å². The van der Waals surface area contributed by atoms with Crippen LogP contribution in [0.3, 0.4) is 0 Å². The van der Waals surface area contributed by atoms with Crippen molar-refractivity contribution in [1.82, 2.24) is 4.31 Å². The third-order valence-corrected chi connectivity index (χ3v) is 4.71. The first-order chi connectivity index (χ1) is 7.93. The summed E-state index contributed by atoms with van der Waals surface area (Å²) in [5.74, 6) is 0. The molecule has 1 aromatic carbocycles. The van der Waals surface area contributed by atoms with Gasteiger partial charge in [0.1, 0.15) is 0 Å². The predicted molar refractivity (Wildman–Crippen MR) is 67.2 cm³/mol. The number of nitrogens with zero attached hydrogens (tertiary/aromatic N) is 1. The number of aliphatic hydroxyl groups is 1. The van der Waals surface area contributed by atoms with Gasteiger partial charge in [0.15, 0.2) is 0 Å². The van der Waals surface area contributed by atoms with E-state index in [1.807, 2.05) is 6.92 Å². The van der Waals surface area contributed by atoms with Crippen LogP contribution in [0, 0.1) is 0 Å². The van der Waals surface area contributed by atoms with Crippen LogP contribution in [-0.4, -0.2) is 31.4 Å². The van der Waals surface area contributed by atoms with E-state index in [4.69, 9.17) is 0 Å². The van der Waals surface area contributed by atoms with E-state index in [2.05, 4.69) is 0 Å². The molecule has 4 nitrogen and oxygen atoms in total. The molecule has 5 heteroatoms. The smallest absolute Gasteiger partial charge is 0.242 e. The van der Waals surface area contributed by atoms with Crippen LogP contribution in [0.4, 0.5) is 0 Å². The fraction of sp³-hybridized carbons (Fsp3) is 0.500. The molecule has 0 aliphatic rings. The largest absolute Gasteiger partial charge is 0.388 e. The number of hydrogen-bond acceptors (Lipinski definition) is 3. The zero-order chi connectivity index (χ0) is 13.1. The molecule has 17 heavy (non-hydrogen) atoms. The Labute approximate surface area is 103 Å². The Balaban J connectivity index is 3.16. The van der Waals surface area contributed by atoms with Crippen molar-refractivity contribution in [2.45, 2.75) is 31.3 Å². The highest BCUT2D eigenvalue weighted by molar-refractivity contribution is 7.89. The summed E-state index contributed by atoms with van der Waals surface area (Å²) in [4.78, 5) is 0.229.